The van der Waals surface area contributed by atoms with Crippen LogP contribution in [0.5, 0.6) is 0 Å². The first-order chi connectivity index (χ1) is 9.58. The van der Waals surface area contributed by atoms with E-state index in [0.29, 0.717) is 5.92 Å². The number of hydrogen-bond acceptors (Lipinski definition) is 3. The zero-order valence-corrected chi connectivity index (χ0v) is 12.4. The summed E-state index contributed by atoms with van der Waals surface area (Å²) < 4.78 is 18.8. The predicted molar refractivity (Wildman–Crippen MR) is 79.0 cm³/mol. The largest absolute Gasteiger partial charge is 0.381 e. The Kier molecular flexibility index (Phi) is 5.52. The Morgan fingerprint density at radius 1 is 1.40 bits per heavy atom. The molecule has 2 N–H and O–H groups in total. The number of likely N-dealkylation sites (N-methyl/N-ethyl adjacent to an activating group) is 1. The van der Waals surface area contributed by atoms with Gasteiger partial charge >= 0.3 is 0 Å². The number of halogens is 1. The first-order valence-electron chi connectivity index (χ1n) is 7.37. The first kappa shape index (κ1) is 15.4. The van der Waals surface area contributed by atoms with Gasteiger partial charge < -0.3 is 10.5 Å². The van der Waals surface area contributed by atoms with Crippen molar-refractivity contribution in [2.24, 2.45) is 11.7 Å². The molecule has 0 amide bonds. The van der Waals surface area contributed by atoms with E-state index >= 15 is 0 Å². The molecule has 112 valence electrons. The van der Waals surface area contributed by atoms with Gasteiger partial charge in [-0.05, 0) is 50.4 Å². The first-order valence-corrected chi connectivity index (χ1v) is 7.37. The zero-order chi connectivity index (χ0) is 14.5. The van der Waals surface area contributed by atoms with Gasteiger partial charge in [0.1, 0.15) is 5.82 Å². The molecule has 4 heteroatoms. The molecule has 0 aliphatic carbocycles. The van der Waals surface area contributed by atoms with E-state index in [9.17, 15) is 4.39 Å². The molecule has 1 aromatic carbocycles. The lowest BCUT2D eigenvalue weighted by molar-refractivity contribution is 0.0486. The Bertz CT molecular complexity index is 419. The van der Waals surface area contributed by atoms with Crippen molar-refractivity contribution in [3.8, 4) is 0 Å². The van der Waals surface area contributed by atoms with Crippen LogP contribution in [-0.2, 0) is 4.74 Å². The second-order valence-electron chi connectivity index (χ2n) is 5.85. The van der Waals surface area contributed by atoms with Gasteiger partial charge in [-0.25, -0.2) is 4.39 Å². The lowest BCUT2D eigenvalue weighted by Gasteiger charge is -2.35. The smallest absolute Gasteiger partial charge is 0.123 e. The predicted octanol–water partition coefficient (Wildman–Crippen LogP) is 2.57. The molecular weight excluding hydrogens is 255 g/mol. The molecule has 2 rings (SSSR count). The Morgan fingerprint density at radius 2 is 2.10 bits per heavy atom. The Hall–Kier alpha value is -0.970. The van der Waals surface area contributed by atoms with Crippen molar-refractivity contribution >= 4 is 0 Å². The van der Waals surface area contributed by atoms with Gasteiger partial charge in [-0.1, -0.05) is 12.1 Å². The van der Waals surface area contributed by atoms with E-state index in [4.69, 9.17) is 10.5 Å². The third-order valence-corrected chi connectivity index (χ3v) is 4.05. The lowest BCUT2D eigenvalue weighted by atomic mass is 9.95. The molecule has 1 fully saturated rings. The van der Waals surface area contributed by atoms with E-state index in [1.54, 1.807) is 12.1 Å². The van der Waals surface area contributed by atoms with E-state index in [1.807, 2.05) is 13.0 Å². The maximum absolute atomic E-state index is 13.4. The molecule has 0 aromatic heterocycles. The van der Waals surface area contributed by atoms with Crippen LogP contribution in [0.15, 0.2) is 24.3 Å². The highest BCUT2D eigenvalue weighted by atomic mass is 19.1. The molecule has 1 heterocycles. The summed E-state index contributed by atoms with van der Waals surface area (Å²) in [6, 6.07) is 6.78. The van der Waals surface area contributed by atoms with Crippen molar-refractivity contribution in [1.82, 2.24) is 4.90 Å². The molecule has 3 nitrogen and oxygen atoms in total. The minimum Gasteiger partial charge on any atom is -0.381 e. The van der Waals surface area contributed by atoms with Gasteiger partial charge in [-0.15, -0.1) is 0 Å². The topological polar surface area (TPSA) is 38.5 Å². The molecule has 1 aliphatic heterocycles. The van der Waals surface area contributed by atoms with Crippen molar-refractivity contribution in [1.29, 1.82) is 0 Å². The average Bonchev–Trinajstić information content (AvgIpc) is 2.39. The van der Waals surface area contributed by atoms with Gasteiger partial charge in [0.2, 0.25) is 0 Å². The third-order valence-electron chi connectivity index (χ3n) is 4.05. The fraction of sp³-hybridized carbons (Fsp3) is 0.625. The molecule has 0 spiro atoms. The van der Waals surface area contributed by atoms with Crippen LogP contribution in [0.4, 0.5) is 4.39 Å². The molecule has 1 aromatic rings. The van der Waals surface area contributed by atoms with E-state index in [1.165, 1.54) is 6.07 Å². The highest BCUT2D eigenvalue weighted by Crippen LogP contribution is 2.26. The minimum atomic E-state index is -0.201. The molecule has 2 atom stereocenters. The Morgan fingerprint density at radius 3 is 2.70 bits per heavy atom. The van der Waals surface area contributed by atoms with Gasteiger partial charge in [0, 0.05) is 31.8 Å². The summed E-state index contributed by atoms with van der Waals surface area (Å²) in [6.07, 6.45) is 2.19. The van der Waals surface area contributed by atoms with Crippen molar-refractivity contribution < 1.29 is 9.13 Å². The van der Waals surface area contributed by atoms with Crippen molar-refractivity contribution in [2.75, 3.05) is 26.8 Å². The van der Waals surface area contributed by atoms with Crippen LogP contribution < -0.4 is 5.73 Å². The van der Waals surface area contributed by atoms with Crippen molar-refractivity contribution in [2.45, 2.75) is 31.8 Å². The molecule has 20 heavy (non-hydrogen) atoms. The third kappa shape index (κ3) is 4.01. The van der Waals surface area contributed by atoms with E-state index in [-0.39, 0.29) is 17.9 Å². The number of ether oxygens (including phenoxy) is 1. The molecule has 0 bridgehead atoms. The molecule has 1 aliphatic rings. The number of hydrogen-bond donors (Lipinski definition) is 1. The van der Waals surface area contributed by atoms with Crippen LogP contribution in [0.2, 0.25) is 0 Å². The molecular formula is C16H25FN2O. The number of nitrogens with two attached hydrogens (primary N) is 1. The quantitative estimate of drug-likeness (QED) is 0.901. The van der Waals surface area contributed by atoms with Crippen molar-refractivity contribution in [3.05, 3.63) is 35.6 Å². The monoisotopic (exact) mass is 280 g/mol. The summed E-state index contributed by atoms with van der Waals surface area (Å²) in [6.45, 7) is 4.66. The van der Waals surface area contributed by atoms with Crippen LogP contribution in [-0.4, -0.2) is 37.7 Å². The lowest BCUT2D eigenvalue weighted by Crippen LogP contribution is -2.40. The molecule has 0 radical (unpaired) electrons. The Balaban J connectivity index is 2.07. The summed E-state index contributed by atoms with van der Waals surface area (Å²) in [5, 5.41) is 0. The summed E-state index contributed by atoms with van der Waals surface area (Å²) in [4.78, 5) is 2.26. The molecule has 0 saturated carbocycles. The number of benzene rings is 1. The van der Waals surface area contributed by atoms with Gasteiger partial charge in [-0.3, -0.25) is 4.90 Å². The van der Waals surface area contributed by atoms with Crippen molar-refractivity contribution in [3.63, 3.8) is 0 Å². The van der Waals surface area contributed by atoms with Gasteiger partial charge in [0.15, 0.2) is 0 Å². The maximum atomic E-state index is 13.4. The highest BCUT2D eigenvalue weighted by Gasteiger charge is 2.24. The standard InChI is InChI=1S/C16H25FN2O/c1-12(18)16(14-4-3-5-15(17)10-14)19(2)11-13-6-8-20-9-7-13/h3-5,10,12-13,16H,6-9,11,18H2,1-2H3. The summed E-state index contributed by atoms with van der Waals surface area (Å²) in [5.41, 5.74) is 7.09. The van der Waals surface area contributed by atoms with Crippen LogP contribution >= 0.6 is 0 Å². The molecule has 2 unspecified atom stereocenters. The van der Waals surface area contributed by atoms with Gasteiger partial charge in [0.05, 0.1) is 0 Å². The van der Waals surface area contributed by atoms with Gasteiger partial charge in [-0.2, -0.15) is 0 Å². The minimum absolute atomic E-state index is 0.0401. The SMILES string of the molecule is CC(N)C(c1cccc(F)c1)N(C)CC1CCOCC1. The average molecular weight is 280 g/mol. The number of rotatable bonds is 5. The molecule has 1 saturated heterocycles. The van der Waals surface area contributed by atoms with Crippen LogP contribution in [0.3, 0.4) is 0 Å². The second kappa shape index (κ2) is 7.16. The zero-order valence-electron chi connectivity index (χ0n) is 12.4. The maximum Gasteiger partial charge on any atom is 0.123 e. The fourth-order valence-corrected chi connectivity index (χ4v) is 3.10. The number of nitrogens with zero attached hydrogens (tertiary/aromatic N) is 1. The van der Waals surface area contributed by atoms with E-state index in [2.05, 4.69) is 11.9 Å². The van der Waals surface area contributed by atoms with Crippen LogP contribution in [0, 0.1) is 11.7 Å². The highest BCUT2D eigenvalue weighted by molar-refractivity contribution is 5.21. The van der Waals surface area contributed by atoms with Crippen LogP contribution in [0.25, 0.3) is 0 Å². The van der Waals surface area contributed by atoms with E-state index < -0.39 is 0 Å². The second-order valence-corrected chi connectivity index (χ2v) is 5.85. The fourth-order valence-electron chi connectivity index (χ4n) is 3.10. The Labute approximate surface area is 120 Å². The normalized spacial score (nSPS) is 20.1. The summed E-state index contributed by atoms with van der Waals surface area (Å²) >= 11 is 0. The van der Waals surface area contributed by atoms with Crippen LogP contribution in [0.1, 0.15) is 31.4 Å². The van der Waals surface area contributed by atoms with Gasteiger partial charge in [0.25, 0.3) is 0 Å². The summed E-state index contributed by atoms with van der Waals surface area (Å²) in [5.74, 6) is 0.441. The summed E-state index contributed by atoms with van der Waals surface area (Å²) in [7, 11) is 2.08. The van der Waals surface area contributed by atoms with E-state index in [0.717, 1.165) is 38.2 Å².